The molecule has 0 aliphatic carbocycles. The molecule has 0 bridgehead atoms. The molecule has 1 aliphatic heterocycles. The largest absolute Gasteiger partial charge is 0.316 e. The lowest BCUT2D eigenvalue weighted by Gasteiger charge is -2.28. The Kier molecular flexibility index (Phi) is 6.27. The van der Waals surface area contributed by atoms with Gasteiger partial charge in [-0.2, -0.15) is 5.10 Å². The van der Waals surface area contributed by atoms with E-state index in [0.29, 0.717) is 5.92 Å². The normalized spacial score (nSPS) is 21.2. The Morgan fingerprint density at radius 1 is 1.60 bits per heavy atom. The highest BCUT2D eigenvalue weighted by Gasteiger charge is 2.28. The first-order valence-corrected chi connectivity index (χ1v) is 8.18. The molecule has 2 rings (SSSR count). The van der Waals surface area contributed by atoms with E-state index in [-0.39, 0.29) is 28.5 Å². The average Bonchev–Trinajstić information content (AvgIpc) is 2.70. The Morgan fingerprint density at radius 3 is 2.80 bits per heavy atom. The van der Waals surface area contributed by atoms with Crippen molar-refractivity contribution in [2.45, 2.75) is 30.8 Å². The van der Waals surface area contributed by atoms with Crippen LogP contribution in [0.1, 0.15) is 19.8 Å². The van der Waals surface area contributed by atoms with Gasteiger partial charge in [0.15, 0.2) is 5.03 Å². The van der Waals surface area contributed by atoms with Gasteiger partial charge in [-0.05, 0) is 38.8 Å². The fraction of sp³-hybridized carbons (Fsp3) is 0.727. The summed E-state index contributed by atoms with van der Waals surface area (Å²) in [5.41, 5.74) is 0. The number of rotatable bonds is 4. The van der Waals surface area contributed by atoms with Gasteiger partial charge in [0.1, 0.15) is 0 Å². The summed E-state index contributed by atoms with van der Waals surface area (Å²) >= 11 is 5.88. The van der Waals surface area contributed by atoms with E-state index in [1.54, 1.807) is 7.05 Å². The molecule has 0 amide bonds. The van der Waals surface area contributed by atoms with Crippen LogP contribution in [0, 0.1) is 5.92 Å². The number of hydrogen-bond donors (Lipinski definition) is 2. The predicted molar refractivity (Wildman–Crippen MR) is 80.8 cm³/mol. The fourth-order valence-corrected chi connectivity index (χ4v) is 4.37. The molecule has 20 heavy (non-hydrogen) atoms. The van der Waals surface area contributed by atoms with Crippen LogP contribution in [0.3, 0.4) is 0 Å². The minimum absolute atomic E-state index is 0. The Morgan fingerprint density at radius 2 is 2.30 bits per heavy atom. The van der Waals surface area contributed by atoms with E-state index in [2.05, 4.69) is 15.1 Å². The third-order valence-corrected chi connectivity index (χ3v) is 5.54. The molecule has 0 spiro atoms. The van der Waals surface area contributed by atoms with Gasteiger partial charge in [-0.25, -0.2) is 13.1 Å². The summed E-state index contributed by atoms with van der Waals surface area (Å²) in [6.07, 6.45) is 3.43. The van der Waals surface area contributed by atoms with Crippen LogP contribution < -0.4 is 10.0 Å². The van der Waals surface area contributed by atoms with E-state index < -0.39 is 10.0 Å². The van der Waals surface area contributed by atoms with E-state index >= 15 is 0 Å². The lowest BCUT2D eigenvalue weighted by Crippen LogP contribution is -2.44. The third kappa shape index (κ3) is 3.85. The van der Waals surface area contributed by atoms with Gasteiger partial charge >= 0.3 is 0 Å². The lowest BCUT2D eigenvalue weighted by molar-refractivity contribution is 0.320. The minimum atomic E-state index is -3.64. The molecule has 0 saturated carbocycles. The first kappa shape index (κ1) is 17.7. The summed E-state index contributed by atoms with van der Waals surface area (Å²) in [6, 6.07) is -0.135. The highest BCUT2D eigenvalue weighted by molar-refractivity contribution is 7.89. The molecule has 9 heteroatoms. The highest BCUT2D eigenvalue weighted by Crippen LogP contribution is 2.22. The van der Waals surface area contributed by atoms with Crippen LogP contribution in [-0.4, -0.2) is 37.3 Å². The zero-order chi connectivity index (χ0) is 14.0. The second-order valence-electron chi connectivity index (χ2n) is 4.94. The summed E-state index contributed by atoms with van der Waals surface area (Å²) in [6.45, 7) is 3.73. The van der Waals surface area contributed by atoms with Gasteiger partial charge in [0.2, 0.25) is 0 Å². The maximum Gasteiger partial charge on any atom is 0.259 e. The molecule has 2 heterocycles. The van der Waals surface area contributed by atoms with E-state index in [0.717, 1.165) is 25.9 Å². The molecule has 1 saturated heterocycles. The fourth-order valence-electron chi connectivity index (χ4n) is 2.40. The van der Waals surface area contributed by atoms with E-state index in [1.807, 2.05) is 6.92 Å². The molecule has 6 nitrogen and oxygen atoms in total. The summed E-state index contributed by atoms with van der Waals surface area (Å²) < 4.78 is 28.6. The molecule has 116 valence electrons. The second kappa shape index (κ2) is 7.09. The molecular weight excluding hydrogens is 323 g/mol. The standard InChI is InChI=1S/C11H19ClN4O2S.ClH/c1-8(9-4-3-5-13-6-9)15-19(17,18)11-10(12)7-14-16(11)2;/h7-9,13,15H,3-6H2,1-2H3;1H. The third-order valence-electron chi connectivity index (χ3n) is 3.48. The zero-order valence-corrected chi connectivity index (χ0v) is 13.9. The van der Waals surface area contributed by atoms with Crippen LogP contribution in [0.4, 0.5) is 0 Å². The van der Waals surface area contributed by atoms with Crippen LogP contribution in [0.15, 0.2) is 11.2 Å². The maximum atomic E-state index is 12.3. The monoisotopic (exact) mass is 342 g/mol. The van der Waals surface area contributed by atoms with Crippen LogP contribution in [-0.2, 0) is 17.1 Å². The van der Waals surface area contributed by atoms with Gasteiger partial charge in [0.05, 0.1) is 11.2 Å². The zero-order valence-electron chi connectivity index (χ0n) is 11.5. The number of aryl methyl sites for hydroxylation is 1. The van der Waals surface area contributed by atoms with E-state index in [9.17, 15) is 8.42 Å². The number of halogens is 2. The molecule has 2 unspecified atom stereocenters. The van der Waals surface area contributed by atoms with E-state index in [1.165, 1.54) is 10.9 Å². The predicted octanol–water partition coefficient (Wildman–Crippen LogP) is 1.16. The second-order valence-corrected chi connectivity index (χ2v) is 6.97. The Labute approximate surface area is 130 Å². The molecule has 1 aliphatic rings. The van der Waals surface area contributed by atoms with Gasteiger partial charge in [-0.1, -0.05) is 11.6 Å². The number of sulfonamides is 1. The number of hydrogen-bond acceptors (Lipinski definition) is 4. The summed E-state index contributed by atoms with van der Waals surface area (Å²) in [4.78, 5) is 0. The molecule has 2 atom stereocenters. The number of nitrogens with zero attached hydrogens (tertiary/aromatic N) is 2. The lowest BCUT2D eigenvalue weighted by atomic mass is 9.94. The summed E-state index contributed by atoms with van der Waals surface area (Å²) in [5.74, 6) is 0.301. The van der Waals surface area contributed by atoms with Crippen molar-refractivity contribution in [3.63, 3.8) is 0 Å². The average molecular weight is 343 g/mol. The molecule has 0 radical (unpaired) electrons. The molecular formula is C11H20Cl2N4O2S. The van der Waals surface area contributed by atoms with Crippen molar-refractivity contribution in [2.75, 3.05) is 13.1 Å². The van der Waals surface area contributed by atoms with Gasteiger partial charge < -0.3 is 5.32 Å². The van der Waals surface area contributed by atoms with E-state index in [4.69, 9.17) is 11.6 Å². The van der Waals surface area contributed by atoms with Crippen molar-refractivity contribution in [2.24, 2.45) is 13.0 Å². The first-order valence-electron chi connectivity index (χ1n) is 6.32. The van der Waals surface area contributed by atoms with Crippen molar-refractivity contribution in [1.82, 2.24) is 19.8 Å². The molecule has 2 N–H and O–H groups in total. The van der Waals surface area contributed by atoms with Gasteiger partial charge in [-0.15, -0.1) is 12.4 Å². The summed E-state index contributed by atoms with van der Waals surface area (Å²) in [5, 5.41) is 7.30. The van der Waals surface area contributed by atoms with Crippen molar-refractivity contribution < 1.29 is 8.42 Å². The van der Waals surface area contributed by atoms with Crippen LogP contribution in [0.5, 0.6) is 0 Å². The molecule has 1 aromatic rings. The number of piperidine rings is 1. The topological polar surface area (TPSA) is 76.0 Å². The number of nitrogens with one attached hydrogen (secondary N) is 2. The SMILES string of the molecule is CC(NS(=O)(=O)c1c(Cl)cnn1C)C1CCCNC1.Cl. The van der Waals surface area contributed by atoms with Crippen LogP contribution >= 0.6 is 24.0 Å². The van der Waals surface area contributed by atoms with Gasteiger partial charge in [0, 0.05) is 13.1 Å². The van der Waals surface area contributed by atoms with Crippen LogP contribution in [0.2, 0.25) is 5.02 Å². The first-order chi connectivity index (χ1) is 8.92. The van der Waals surface area contributed by atoms with Crippen molar-refractivity contribution in [3.05, 3.63) is 11.2 Å². The smallest absolute Gasteiger partial charge is 0.259 e. The molecule has 0 aromatic carbocycles. The van der Waals surface area contributed by atoms with Crippen molar-refractivity contribution in [1.29, 1.82) is 0 Å². The highest BCUT2D eigenvalue weighted by atomic mass is 35.5. The van der Waals surface area contributed by atoms with Crippen molar-refractivity contribution in [3.8, 4) is 0 Å². The Bertz CT molecular complexity index is 521. The van der Waals surface area contributed by atoms with Crippen LogP contribution in [0.25, 0.3) is 0 Å². The van der Waals surface area contributed by atoms with Gasteiger partial charge in [-0.3, -0.25) is 4.68 Å². The number of aromatic nitrogens is 2. The Balaban J connectivity index is 0.00000200. The minimum Gasteiger partial charge on any atom is -0.316 e. The molecule has 1 aromatic heterocycles. The van der Waals surface area contributed by atoms with Crippen molar-refractivity contribution >= 4 is 34.0 Å². The molecule has 1 fully saturated rings. The maximum absolute atomic E-state index is 12.3. The summed E-state index contributed by atoms with van der Waals surface area (Å²) in [7, 11) is -2.07. The van der Waals surface area contributed by atoms with Gasteiger partial charge in [0.25, 0.3) is 10.0 Å². The Hall–Kier alpha value is -0.340. The quantitative estimate of drug-likeness (QED) is 0.860.